The fourth-order valence-electron chi connectivity index (χ4n) is 4.70. The molecule has 2 aromatic heterocycles. The first-order valence-electron chi connectivity index (χ1n) is 12.2. The first-order valence-corrected chi connectivity index (χ1v) is 13.7. The summed E-state index contributed by atoms with van der Waals surface area (Å²) in [6.45, 7) is 9.02. The van der Waals surface area contributed by atoms with Crippen LogP contribution in [0.3, 0.4) is 0 Å². The van der Waals surface area contributed by atoms with E-state index in [4.69, 9.17) is 9.26 Å². The van der Waals surface area contributed by atoms with Crippen LogP contribution in [0.2, 0.25) is 0 Å². The van der Waals surface area contributed by atoms with E-state index >= 15 is 0 Å². The monoisotopic (exact) mass is 534 g/mol. The minimum absolute atomic E-state index is 0.0387. The van der Waals surface area contributed by atoms with Gasteiger partial charge in [-0.15, -0.1) is 0 Å². The third-order valence-electron chi connectivity index (χ3n) is 6.77. The molecule has 2 heterocycles. The lowest BCUT2D eigenvalue weighted by Crippen LogP contribution is -2.21. The highest BCUT2D eigenvalue weighted by atomic mass is 32.2. The van der Waals surface area contributed by atoms with Gasteiger partial charge in [-0.1, -0.05) is 38.9 Å². The molecule has 11 heteroatoms. The van der Waals surface area contributed by atoms with Gasteiger partial charge in [-0.2, -0.15) is 0 Å². The summed E-state index contributed by atoms with van der Waals surface area (Å²) in [5.74, 6) is 1.13. The zero-order chi connectivity index (χ0) is 27.0. The SMILES string of the molecule is Cc1c(NS(=O)(=O)c2ccc3c(c2)CC([C@H](C)c2cnc(OCC(F)F)cn2)CC3)noc1C(C)(C)C. The maximum Gasteiger partial charge on any atom is 0.272 e. The molecule has 0 aliphatic heterocycles. The Bertz CT molecular complexity index is 1350. The Morgan fingerprint density at radius 3 is 2.57 bits per heavy atom. The summed E-state index contributed by atoms with van der Waals surface area (Å²) in [7, 11) is -3.87. The molecule has 1 N–H and O–H groups in total. The lowest BCUT2D eigenvalue weighted by atomic mass is 9.77. The average Bonchev–Trinajstić information content (AvgIpc) is 3.21. The van der Waals surface area contributed by atoms with Gasteiger partial charge in [-0.25, -0.2) is 22.2 Å². The first-order chi connectivity index (χ1) is 17.3. The second-order valence-corrected chi connectivity index (χ2v) is 12.2. The van der Waals surface area contributed by atoms with E-state index in [-0.39, 0.29) is 33.8 Å². The number of rotatable bonds is 8. The van der Waals surface area contributed by atoms with Crippen LogP contribution >= 0.6 is 0 Å². The smallest absolute Gasteiger partial charge is 0.272 e. The van der Waals surface area contributed by atoms with Crippen molar-refractivity contribution in [3.05, 3.63) is 58.7 Å². The molecule has 1 aliphatic carbocycles. The number of halogens is 2. The van der Waals surface area contributed by atoms with Crippen LogP contribution in [0, 0.1) is 12.8 Å². The first kappa shape index (κ1) is 27.0. The Hall–Kier alpha value is -3.08. The van der Waals surface area contributed by atoms with E-state index < -0.39 is 23.1 Å². The third kappa shape index (κ3) is 6.08. The molecular weight excluding hydrogens is 502 g/mol. The predicted molar refractivity (Wildman–Crippen MR) is 135 cm³/mol. The number of ether oxygens (including phenoxy) is 1. The Balaban J connectivity index is 1.49. The number of nitrogens with zero attached hydrogens (tertiary/aromatic N) is 3. The largest absolute Gasteiger partial charge is 0.470 e. The van der Waals surface area contributed by atoms with Gasteiger partial charge >= 0.3 is 0 Å². The molecule has 0 fully saturated rings. The lowest BCUT2D eigenvalue weighted by Gasteiger charge is -2.29. The van der Waals surface area contributed by atoms with Crippen molar-refractivity contribution in [2.75, 3.05) is 11.3 Å². The number of hydrogen-bond donors (Lipinski definition) is 1. The van der Waals surface area contributed by atoms with E-state index in [0.29, 0.717) is 17.7 Å². The van der Waals surface area contributed by atoms with Crippen molar-refractivity contribution >= 4 is 15.8 Å². The summed E-state index contributed by atoms with van der Waals surface area (Å²) in [5.41, 5.74) is 3.19. The molecule has 4 rings (SSSR count). The number of aromatic nitrogens is 3. The van der Waals surface area contributed by atoms with Crippen LogP contribution in [0.5, 0.6) is 5.88 Å². The number of hydrogen-bond acceptors (Lipinski definition) is 7. The molecule has 0 bridgehead atoms. The molecule has 0 saturated heterocycles. The van der Waals surface area contributed by atoms with Crippen LogP contribution in [-0.2, 0) is 28.3 Å². The Labute approximate surface area is 215 Å². The highest BCUT2D eigenvalue weighted by Crippen LogP contribution is 2.36. The van der Waals surface area contributed by atoms with Gasteiger partial charge in [0.1, 0.15) is 5.76 Å². The molecule has 0 saturated carbocycles. The maximum absolute atomic E-state index is 13.2. The topological polar surface area (TPSA) is 107 Å². The van der Waals surface area contributed by atoms with Gasteiger partial charge < -0.3 is 9.26 Å². The summed E-state index contributed by atoms with van der Waals surface area (Å²) in [6.07, 6.45) is 2.75. The lowest BCUT2D eigenvalue weighted by molar-refractivity contribution is 0.0793. The van der Waals surface area contributed by atoms with Crippen molar-refractivity contribution in [2.45, 2.75) is 76.5 Å². The fourth-order valence-corrected chi connectivity index (χ4v) is 5.81. The van der Waals surface area contributed by atoms with Gasteiger partial charge in [0.05, 0.1) is 23.0 Å². The molecule has 3 aromatic rings. The van der Waals surface area contributed by atoms with Crippen molar-refractivity contribution in [2.24, 2.45) is 5.92 Å². The predicted octanol–water partition coefficient (Wildman–Crippen LogP) is 5.42. The average molecular weight is 535 g/mol. The molecule has 1 aromatic carbocycles. The Morgan fingerprint density at radius 1 is 1.19 bits per heavy atom. The molecule has 8 nitrogen and oxygen atoms in total. The summed E-state index contributed by atoms with van der Waals surface area (Å²) >= 11 is 0. The van der Waals surface area contributed by atoms with E-state index in [1.807, 2.05) is 33.8 Å². The van der Waals surface area contributed by atoms with Crippen molar-refractivity contribution in [3.63, 3.8) is 0 Å². The van der Waals surface area contributed by atoms with Crippen molar-refractivity contribution in [1.82, 2.24) is 15.1 Å². The molecule has 2 atom stereocenters. The van der Waals surface area contributed by atoms with Crippen LogP contribution < -0.4 is 9.46 Å². The summed E-state index contributed by atoms with van der Waals surface area (Å²) in [6, 6.07) is 5.22. The zero-order valence-corrected chi connectivity index (χ0v) is 22.4. The van der Waals surface area contributed by atoms with Crippen LogP contribution in [-0.4, -0.2) is 36.6 Å². The quantitative estimate of drug-likeness (QED) is 0.411. The summed E-state index contributed by atoms with van der Waals surface area (Å²) in [4.78, 5) is 8.63. The summed E-state index contributed by atoms with van der Waals surface area (Å²) < 4.78 is 64.0. The number of alkyl halides is 2. The number of aryl methyl sites for hydroxylation is 1. The number of nitrogens with one attached hydrogen (secondary N) is 1. The minimum Gasteiger partial charge on any atom is -0.470 e. The van der Waals surface area contributed by atoms with Crippen LogP contribution in [0.1, 0.15) is 68.2 Å². The van der Waals surface area contributed by atoms with E-state index in [1.54, 1.807) is 25.3 Å². The molecular formula is C26H32F2N4O4S. The van der Waals surface area contributed by atoms with E-state index in [1.165, 1.54) is 6.20 Å². The van der Waals surface area contributed by atoms with Crippen LogP contribution in [0.4, 0.5) is 14.6 Å². The Kier molecular flexibility index (Phi) is 7.55. The van der Waals surface area contributed by atoms with E-state index in [0.717, 1.165) is 29.7 Å². The van der Waals surface area contributed by atoms with Gasteiger partial charge in [0, 0.05) is 16.9 Å². The van der Waals surface area contributed by atoms with Crippen molar-refractivity contribution < 1.29 is 26.5 Å². The molecule has 37 heavy (non-hydrogen) atoms. The second-order valence-electron chi connectivity index (χ2n) is 10.5. The molecule has 1 unspecified atom stereocenters. The van der Waals surface area contributed by atoms with Crippen LogP contribution in [0.25, 0.3) is 0 Å². The maximum atomic E-state index is 13.2. The molecule has 0 amide bonds. The second kappa shape index (κ2) is 10.4. The van der Waals surface area contributed by atoms with Crippen molar-refractivity contribution in [3.8, 4) is 5.88 Å². The number of anilines is 1. The van der Waals surface area contributed by atoms with Gasteiger partial charge in [-0.3, -0.25) is 9.71 Å². The number of benzene rings is 1. The van der Waals surface area contributed by atoms with Crippen molar-refractivity contribution in [1.29, 1.82) is 0 Å². The van der Waals surface area contributed by atoms with Gasteiger partial charge in [-0.05, 0) is 55.4 Å². The van der Waals surface area contributed by atoms with Gasteiger partial charge in [0.2, 0.25) is 5.88 Å². The fraction of sp³-hybridized carbons (Fsp3) is 0.500. The minimum atomic E-state index is -3.87. The van der Waals surface area contributed by atoms with E-state index in [2.05, 4.69) is 19.8 Å². The van der Waals surface area contributed by atoms with Crippen LogP contribution in [0.15, 0.2) is 40.0 Å². The Morgan fingerprint density at radius 2 is 1.95 bits per heavy atom. The molecule has 1 aliphatic rings. The van der Waals surface area contributed by atoms with Gasteiger partial charge in [0.15, 0.2) is 12.4 Å². The molecule has 0 spiro atoms. The highest BCUT2D eigenvalue weighted by molar-refractivity contribution is 7.92. The number of sulfonamides is 1. The third-order valence-corrected chi connectivity index (χ3v) is 8.11. The summed E-state index contributed by atoms with van der Waals surface area (Å²) in [5, 5.41) is 3.95. The van der Waals surface area contributed by atoms with Gasteiger partial charge in [0.25, 0.3) is 16.4 Å². The molecule has 0 radical (unpaired) electrons. The molecule has 200 valence electrons. The number of fused-ring (bicyclic) bond motifs is 1. The van der Waals surface area contributed by atoms with E-state index in [9.17, 15) is 17.2 Å². The standard InChI is InChI=1S/C26H32F2N4O4S/c1-15(21-12-30-23(13-29-21)35-14-22(27)28)18-7-6-17-8-9-20(11-19(17)10-18)37(33,34)32-25-16(2)24(36-31-25)26(3,4)5/h8-9,11-13,15,18,22H,6-7,10,14H2,1-5H3,(H,31,32)/t15-,18?/m0/s1. The zero-order valence-electron chi connectivity index (χ0n) is 21.6. The highest BCUT2D eigenvalue weighted by Gasteiger charge is 2.29. The normalized spacial score (nSPS) is 16.9.